The fourth-order valence-corrected chi connectivity index (χ4v) is 1.76. The van der Waals surface area contributed by atoms with Crippen LogP contribution in [-0.4, -0.2) is 39.8 Å². The molecule has 4 N–H and O–H groups in total. The van der Waals surface area contributed by atoms with E-state index in [2.05, 4.69) is 0 Å². The lowest BCUT2D eigenvalue weighted by atomic mass is 10.1. The molecule has 1 saturated heterocycles. The van der Waals surface area contributed by atoms with Crippen molar-refractivity contribution in [3.63, 3.8) is 0 Å². The lowest BCUT2D eigenvalue weighted by molar-refractivity contribution is -0.141. The second kappa shape index (κ2) is 6.55. The topological polar surface area (TPSA) is 141 Å². The predicted molar refractivity (Wildman–Crippen MR) is 66.8 cm³/mol. The van der Waals surface area contributed by atoms with Crippen LogP contribution in [0, 0.1) is 0 Å². The molecule has 1 aliphatic rings. The van der Waals surface area contributed by atoms with Gasteiger partial charge in [-0.1, -0.05) is 0 Å². The minimum Gasteiger partial charge on any atom is -0.508 e. The molecule has 0 aliphatic carbocycles. The van der Waals surface area contributed by atoms with Crippen molar-refractivity contribution in [2.45, 2.75) is 25.4 Å². The van der Waals surface area contributed by atoms with Crippen LogP contribution in [0.5, 0.6) is 11.5 Å². The highest BCUT2D eigenvalue weighted by Gasteiger charge is 2.23. The van der Waals surface area contributed by atoms with Gasteiger partial charge in [0.2, 0.25) is 0 Å². The van der Waals surface area contributed by atoms with Gasteiger partial charge in [0.25, 0.3) is 0 Å². The lowest BCUT2D eigenvalue weighted by Gasteiger charge is -2.09. The summed E-state index contributed by atoms with van der Waals surface area (Å²) in [4.78, 5) is 10.9. The first-order chi connectivity index (χ1) is 9.13. The number of benzene rings is 1. The quantitative estimate of drug-likeness (QED) is 0.462. The molecule has 1 unspecified atom stereocenters. The van der Waals surface area contributed by atoms with Crippen LogP contribution in [0.2, 0.25) is 0 Å². The molecular formula is C11H14O8S. The van der Waals surface area contributed by atoms with Crippen molar-refractivity contribution in [1.82, 2.24) is 0 Å². The van der Waals surface area contributed by atoms with Gasteiger partial charge in [-0.15, -0.1) is 0 Å². The monoisotopic (exact) mass is 306 g/mol. The van der Waals surface area contributed by atoms with E-state index in [4.69, 9.17) is 22.3 Å². The Kier molecular flexibility index (Phi) is 5.31. The number of phenolic OH excluding ortho intramolecular Hbond substituents is 2. The molecule has 0 amide bonds. The standard InChI is InChI=1S/C11H12O4.H2O4S/c12-8-3-7(4-9(13)6-8)5-10-1-2-11(14)15-10;1-5(2,3)4/h3-4,6,10,12-13H,1-2,5H2;(H2,1,2,3,4). The summed E-state index contributed by atoms with van der Waals surface area (Å²) < 4.78 is 36.6. The van der Waals surface area contributed by atoms with E-state index in [0.717, 1.165) is 5.56 Å². The molecule has 1 aromatic carbocycles. The molecule has 2 rings (SSSR count). The summed E-state index contributed by atoms with van der Waals surface area (Å²) in [6.07, 6.45) is 1.57. The van der Waals surface area contributed by atoms with E-state index in [0.29, 0.717) is 19.3 Å². The Morgan fingerprint density at radius 3 is 2.05 bits per heavy atom. The number of phenols is 2. The maximum absolute atomic E-state index is 10.9. The highest BCUT2D eigenvalue weighted by atomic mass is 32.3. The molecule has 8 nitrogen and oxygen atoms in total. The van der Waals surface area contributed by atoms with Gasteiger partial charge in [0.15, 0.2) is 0 Å². The Bertz CT molecular complexity index is 552. The molecule has 1 fully saturated rings. The van der Waals surface area contributed by atoms with Crippen LogP contribution in [0.3, 0.4) is 0 Å². The van der Waals surface area contributed by atoms with Crippen molar-refractivity contribution in [3.8, 4) is 11.5 Å². The number of hydrogen-bond acceptors (Lipinski definition) is 6. The van der Waals surface area contributed by atoms with Crippen LogP contribution in [0.4, 0.5) is 0 Å². The third kappa shape index (κ3) is 6.92. The molecule has 0 saturated carbocycles. The Morgan fingerprint density at radius 2 is 1.65 bits per heavy atom. The van der Waals surface area contributed by atoms with Crippen LogP contribution in [0.1, 0.15) is 18.4 Å². The Hall–Kier alpha value is -1.84. The Morgan fingerprint density at radius 1 is 1.15 bits per heavy atom. The maximum Gasteiger partial charge on any atom is 0.394 e. The average molecular weight is 306 g/mol. The Labute approximate surface area is 115 Å². The number of cyclic esters (lactones) is 1. The summed E-state index contributed by atoms with van der Waals surface area (Å²) in [5.74, 6) is -0.131. The van der Waals surface area contributed by atoms with Gasteiger partial charge in [0, 0.05) is 18.9 Å². The molecular weight excluding hydrogens is 292 g/mol. The molecule has 1 atom stereocenters. The molecule has 20 heavy (non-hydrogen) atoms. The van der Waals surface area contributed by atoms with Crippen LogP contribution in [-0.2, 0) is 26.4 Å². The van der Waals surface area contributed by atoms with Crippen LogP contribution < -0.4 is 0 Å². The van der Waals surface area contributed by atoms with Crippen molar-refractivity contribution in [1.29, 1.82) is 0 Å². The van der Waals surface area contributed by atoms with Gasteiger partial charge in [0.1, 0.15) is 17.6 Å². The number of rotatable bonds is 2. The number of esters is 1. The smallest absolute Gasteiger partial charge is 0.394 e. The van der Waals surface area contributed by atoms with Crippen molar-refractivity contribution >= 4 is 16.4 Å². The maximum atomic E-state index is 10.9. The zero-order valence-electron chi connectivity index (χ0n) is 10.3. The minimum atomic E-state index is -4.67. The molecule has 112 valence electrons. The molecule has 0 radical (unpaired) electrons. The SMILES string of the molecule is O=C1CCC(Cc2cc(O)cc(O)c2)O1.O=S(=O)(O)O. The van der Waals surface area contributed by atoms with E-state index < -0.39 is 10.4 Å². The molecule has 9 heteroatoms. The van der Waals surface area contributed by atoms with Gasteiger partial charge >= 0.3 is 16.4 Å². The summed E-state index contributed by atoms with van der Waals surface area (Å²) in [6.45, 7) is 0. The first kappa shape index (κ1) is 16.2. The van der Waals surface area contributed by atoms with Crippen molar-refractivity contribution in [2.75, 3.05) is 0 Å². The van der Waals surface area contributed by atoms with E-state index >= 15 is 0 Å². The lowest BCUT2D eigenvalue weighted by Crippen LogP contribution is -2.10. The second-order valence-electron chi connectivity index (χ2n) is 4.16. The van der Waals surface area contributed by atoms with E-state index in [1.807, 2.05) is 0 Å². The number of carbonyl (C=O) groups excluding carboxylic acids is 1. The fourth-order valence-electron chi connectivity index (χ4n) is 1.76. The molecule has 1 aliphatic heterocycles. The van der Waals surface area contributed by atoms with Crippen molar-refractivity contribution in [2.24, 2.45) is 0 Å². The zero-order chi connectivity index (χ0) is 15.3. The second-order valence-corrected chi connectivity index (χ2v) is 5.06. The Balaban J connectivity index is 0.000000347. The summed E-state index contributed by atoms with van der Waals surface area (Å²) >= 11 is 0. The minimum absolute atomic E-state index is 0.0225. The van der Waals surface area contributed by atoms with Crippen LogP contribution >= 0.6 is 0 Å². The number of hydrogen-bond donors (Lipinski definition) is 4. The van der Waals surface area contributed by atoms with E-state index in [1.54, 1.807) is 12.1 Å². The van der Waals surface area contributed by atoms with Gasteiger partial charge in [-0.2, -0.15) is 8.42 Å². The number of aromatic hydroxyl groups is 2. The van der Waals surface area contributed by atoms with Gasteiger partial charge < -0.3 is 14.9 Å². The first-order valence-electron chi connectivity index (χ1n) is 5.55. The summed E-state index contributed by atoms with van der Waals surface area (Å²) in [5, 5.41) is 18.5. The van der Waals surface area contributed by atoms with Gasteiger partial charge in [-0.3, -0.25) is 13.9 Å². The molecule has 1 aromatic rings. The summed E-state index contributed by atoms with van der Waals surface area (Å²) in [6, 6.07) is 4.39. The predicted octanol–water partition coefficient (Wildman–Crippen LogP) is 0.693. The zero-order valence-corrected chi connectivity index (χ0v) is 11.1. The van der Waals surface area contributed by atoms with Crippen LogP contribution in [0.25, 0.3) is 0 Å². The van der Waals surface area contributed by atoms with Gasteiger partial charge in [-0.05, 0) is 24.1 Å². The number of carbonyl (C=O) groups is 1. The third-order valence-electron chi connectivity index (χ3n) is 2.39. The van der Waals surface area contributed by atoms with Gasteiger partial charge in [0.05, 0.1) is 0 Å². The van der Waals surface area contributed by atoms with Crippen LogP contribution in [0.15, 0.2) is 18.2 Å². The summed E-state index contributed by atoms with van der Waals surface area (Å²) in [7, 11) is -4.67. The fraction of sp³-hybridized carbons (Fsp3) is 0.364. The highest BCUT2D eigenvalue weighted by molar-refractivity contribution is 7.79. The van der Waals surface area contributed by atoms with E-state index in [9.17, 15) is 15.0 Å². The van der Waals surface area contributed by atoms with E-state index in [-0.39, 0.29) is 23.6 Å². The average Bonchev–Trinajstić information content (AvgIpc) is 2.59. The van der Waals surface area contributed by atoms with Gasteiger partial charge in [-0.25, -0.2) is 0 Å². The van der Waals surface area contributed by atoms with Crippen molar-refractivity contribution in [3.05, 3.63) is 23.8 Å². The summed E-state index contributed by atoms with van der Waals surface area (Å²) in [5.41, 5.74) is 0.771. The highest BCUT2D eigenvalue weighted by Crippen LogP contribution is 2.24. The molecule has 0 spiro atoms. The van der Waals surface area contributed by atoms with E-state index in [1.165, 1.54) is 6.07 Å². The third-order valence-corrected chi connectivity index (χ3v) is 2.39. The van der Waals surface area contributed by atoms with Crippen molar-refractivity contribution < 1.29 is 37.3 Å². The largest absolute Gasteiger partial charge is 0.508 e. The molecule has 1 heterocycles. The number of ether oxygens (including phenoxy) is 1. The first-order valence-corrected chi connectivity index (χ1v) is 6.94. The normalized spacial score (nSPS) is 18.1. The molecule has 0 aromatic heterocycles. The molecule has 0 bridgehead atoms.